The SMILES string of the molecule is CCn1ncc(/C=C/C(=O)Nc2cnn(C)c2C(=O)NCc2ccco2)c1C. The molecule has 0 fully saturated rings. The summed E-state index contributed by atoms with van der Waals surface area (Å²) >= 11 is 0. The number of carbonyl (C=O) groups is 2. The Morgan fingerprint density at radius 2 is 2.11 bits per heavy atom. The Labute approximate surface area is 162 Å². The van der Waals surface area contributed by atoms with Gasteiger partial charge in [-0.25, -0.2) is 0 Å². The summed E-state index contributed by atoms with van der Waals surface area (Å²) in [6, 6.07) is 3.51. The second-order valence-corrected chi connectivity index (χ2v) is 6.12. The fourth-order valence-corrected chi connectivity index (χ4v) is 2.75. The van der Waals surface area contributed by atoms with E-state index in [-0.39, 0.29) is 24.1 Å². The van der Waals surface area contributed by atoms with E-state index in [1.165, 1.54) is 23.2 Å². The number of aromatic nitrogens is 4. The van der Waals surface area contributed by atoms with Gasteiger partial charge in [-0.1, -0.05) is 0 Å². The molecule has 0 radical (unpaired) electrons. The zero-order chi connectivity index (χ0) is 20.1. The first-order valence-electron chi connectivity index (χ1n) is 8.83. The quantitative estimate of drug-likeness (QED) is 0.609. The molecule has 0 aliphatic carbocycles. The van der Waals surface area contributed by atoms with Crippen molar-refractivity contribution >= 4 is 23.6 Å². The van der Waals surface area contributed by atoms with Crippen LogP contribution in [0.1, 0.15) is 34.4 Å². The van der Waals surface area contributed by atoms with Crippen molar-refractivity contribution in [3.63, 3.8) is 0 Å². The van der Waals surface area contributed by atoms with Crippen LogP contribution in [0.2, 0.25) is 0 Å². The van der Waals surface area contributed by atoms with Gasteiger partial charge in [0.1, 0.15) is 11.5 Å². The van der Waals surface area contributed by atoms with Gasteiger partial charge in [-0.3, -0.25) is 19.0 Å². The molecule has 0 unspecified atom stereocenters. The summed E-state index contributed by atoms with van der Waals surface area (Å²) in [7, 11) is 1.63. The van der Waals surface area contributed by atoms with E-state index in [1.54, 1.807) is 31.5 Å². The highest BCUT2D eigenvalue weighted by molar-refractivity contribution is 6.06. The van der Waals surface area contributed by atoms with E-state index >= 15 is 0 Å². The molecule has 0 bridgehead atoms. The molecule has 28 heavy (non-hydrogen) atoms. The second-order valence-electron chi connectivity index (χ2n) is 6.12. The van der Waals surface area contributed by atoms with Crippen LogP contribution in [0.25, 0.3) is 6.08 Å². The monoisotopic (exact) mass is 382 g/mol. The predicted octanol–water partition coefficient (Wildman–Crippen LogP) is 2.12. The number of furan rings is 1. The number of nitrogens with zero attached hydrogens (tertiary/aromatic N) is 4. The van der Waals surface area contributed by atoms with Gasteiger partial charge in [0, 0.05) is 30.9 Å². The third-order valence-corrected chi connectivity index (χ3v) is 4.27. The molecule has 3 heterocycles. The number of carbonyl (C=O) groups excluding carboxylic acids is 2. The minimum atomic E-state index is -0.365. The predicted molar refractivity (Wildman–Crippen MR) is 103 cm³/mol. The first-order valence-corrected chi connectivity index (χ1v) is 8.83. The van der Waals surface area contributed by atoms with E-state index in [1.807, 2.05) is 18.5 Å². The summed E-state index contributed by atoms with van der Waals surface area (Å²) in [6.45, 7) is 4.95. The van der Waals surface area contributed by atoms with Crippen LogP contribution in [0.15, 0.2) is 41.3 Å². The third-order valence-electron chi connectivity index (χ3n) is 4.27. The molecule has 2 N–H and O–H groups in total. The zero-order valence-corrected chi connectivity index (χ0v) is 16.0. The average Bonchev–Trinajstić information content (AvgIpc) is 3.39. The Kier molecular flexibility index (Phi) is 5.73. The molecule has 0 aliphatic heterocycles. The van der Waals surface area contributed by atoms with Crippen molar-refractivity contribution in [2.24, 2.45) is 7.05 Å². The van der Waals surface area contributed by atoms with E-state index in [9.17, 15) is 9.59 Å². The minimum Gasteiger partial charge on any atom is -0.467 e. The van der Waals surface area contributed by atoms with E-state index in [0.717, 1.165) is 17.8 Å². The molecule has 0 spiro atoms. The van der Waals surface area contributed by atoms with Crippen molar-refractivity contribution in [2.45, 2.75) is 26.9 Å². The number of hydrogen-bond donors (Lipinski definition) is 2. The van der Waals surface area contributed by atoms with E-state index in [2.05, 4.69) is 20.8 Å². The van der Waals surface area contributed by atoms with Crippen molar-refractivity contribution in [1.82, 2.24) is 24.9 Å². The summed E-state index contributed by atoms with van der Waals surface area (Å²) in [5.74, 6) is -0.0977. The van der Waals surface area contributed by atoms with Crippen molar-refractivity contribution < 1.29 is 14.0 Å². The Bertz CT molecular complexity index is 997. The molecule has 0 aliphatic rings. The lowest BCUT2D eigenvalue weighted by Crippen LogP contribution is -2.26. The van der Waals surface area contributed by atoms with Crippen LogP contribution in [0.3, 0.4) is 0 Å². The van der Waals surface area contributed by atoms with Crippen LogP contribution >= 0.6 is 0 Å². The third kappa shape index (κ3) is 4.20. The maximum atomic E-state index is 12.5. The maximum Gasteiger partial charge on any atom is 0.272 e. The van der Waals surface area contributed by atoms with Crippen LogP contribution < -0.4 is 10.6 Å². The number of nitrogens with one attached hydrogen (secondary N) is 2. The fraction of sp³-hybridized carbons (Fsp3) is 0.263. The summed E-state index contributed by atoms with van der Waals surface area (Å²) in [6.07, 6.45) is 7.78. The van der Waals surface area contributed by atoms with Crippen LogP contribution in [0, 0.1) is 6.92 Å². The Morgan fingerprint density at radius 1 is 1.29 bits per heavy atom. The number of rotatable bonds is 7. The zero-order valence-electron chi connectivity index (χ0n) is 16.0. The van der Waals surface area contributed by atoms with E-state index in [4.69, 9.17) is 4.42 Å². The smallest absolute Gasteiger partial charge is 0.272 e. The molecule has 3 rings (SSSR count). The average molecular weight is 382 g/mol. The van der Waals surface area contributed by atoms with Gasteiger partial charge in [0.25, 0.3) is 5.91 Å². The maximum absolute atomic E-state index is 12.5. The van der Waals surface area contributed by atoms with Crippen LogP contribution in [-0.2, 0) is 24.9 Å². The van der Waals surface area contributed by atoms with Crippen molar-refractivity contribution in [3.05, 3.63) is 59.6 Å². The fourth-order valence-electron chi connectivity index (χ4n) is 2.75. The number of amides is 2. The first kappa shape index (κ1) is 19.2. The molecule has 0 saturated carbocycles. The molecule has 0 aromatic carbocycles. The van der Waals surface area contributed by atoms with Crippen LogP contribution in [0.5, 0.6) is 0 Å². The lowest BCUT2D eigenvalue weighted by Gasteiger charge is -2.07. The minimum absolute atomic E-state index is 0.241. The van der Waals surface area contributed by atoms with Gasteiger partial charge in [-0.2, -0.15) is 10.2 Å². The summed E-state index contributed by atoms with van der Waals surface area (Å²) in [5.41, 5.74) is 2.42. The molecule has 3 aromatic rings. The molecule has 2 amide bonds. The topological polar surface area (TPSA) is 107 Å². The molecule has 3 aromatic heterocycles. The normalized spacial score (nSPS) is 11.1. The number of hydrogen-bond acceptors (Lipinski definition) is 5. The summed E-state index contributed by atoms with van der Waals surface area (Å²) < 4.78 is 8.45. The molecule has 0 saturated heterocycles. The van der Waals surface area contributed by atoms with Crippen LogP contribution in [0.4, 0.5) is 5.69 Å². The highest BCUT2D eigenvalue weighted by Gasteiger charge is 2.18. The summed E-state index contributed by atoms with van der Waals surface area (Å²) in [5, 5.41) is 13.7. The van der Waals surface area contributed by atoms with Gasteiger partial charge >= 0.3 is 0 Å². The van der Waals surface area contributed by atoms with Crippen LogP contribution in [-0.4, -0.2) is 31.4 Å². The standard InChI is InChI=1S/C19H22N6O3/c1-4-25-13(2)14(10-22-25)7-8-17(26)23-16-12-21-24(3)18(16)19(27)20-11-15-6-5-9-28-15/h5-10,12H,4,11H2,1-3H3,(H,20,27)(H,23,26)/b8-7+. The van der Waals surface area contributed by atoms with Gasteiger partial charge in [0.05, 0.1) is 30.9 Å². The van der Waals surface area contributed by atoms with Crippen molar-refractivity contribution in [2.75, 3.05) is 5.32 Å². The van der Waals surface area contributed by atoms with E-state index in [0.29, 0.717) is 11.4 Å². The Balaban J connectivity index is 1.67. The lowest BCUT2D eigenvalue weighted by atomic mass is 10.2. The summed E-state index contributed by atoms with van der Waals surface area (Å²) in [4.78, 5) is 24.8. The molecular weight excluding hydrogens is 360 g/mol. The van der Waals surface area contributed by atoms with Gasteiger partial charge in [-0.15, -0.1) is 0 Å². The molecule has 9 nitrogen and oxygen atoms in total. The largest absolute Gasteiger partial charge is 0.467 e. The molecular formula is C19H22N6O3. The molecule has 9 heteroatoms. The van der Waals surface area contributed by atoms with Gasteiger partial charge in [-0.05, 0) is 32.1 Å². The first-order chi connectivity index (χ1) is 13.5. The van der Waals surface area contributed by atoms with Gasteiger partial charge in [0.2, 0.25) is 5.91 Å². The Morgan fingerprint density at radius 3 is 2.79 bits per heavy atom. The Hall–Kier alpha value is -3.62. The van der Waals surface area contributed by atoms with E-state index < -0.39 is 0 Å². The number of anilines is 1. The van der Waals surface area contributed by atoms with Crippen molar-refractivity contribution in [3.8, 4) is 0 Å². The number of aryl methyl sites for hydroxylation is 2. The molecule has 146 valence electrons. The lowest BCUT2D eigenvalue weighted by molar-refractivity contribution is -0.111. The van der Waals surface area contributed by atoms with Crippen molar-refractivity contribution in [1.29, 1.82) is 0 Å². The molecule has 0 atom stereocenters. The highest BCUT2D eigenvalue weighted by Crippen LogP contribution is 2.15. The second kappa shape index (κ2) is 8.38. The van der Waals surface area contributed by atoms with Gasteiger partial charge < -0.3 is 15.1 Å². The van der Waals surface area contributed by atoms with Gasteiger partial charge in [0.15, 0.2) is 0 Å². The highest BCUT2D eigenvalue weighted by atomic mass is 16.3.